The lowest BCUT2D eigenvalue weighted by Crippen LogP contribution is -2.40. The fraction of sp³-hybridized carbons (Fsp3) is 0.500. The Kier molecular flexibility index (Phi) is 5.03. The molecule has 0 unspecified atom stereocenters. The third kappa shape index (κ3) is 3.77. The molecule has 0 saturated carbocycles. The summed E-state index contributed by atoms with van der Waals surface area (Å²) < 4.78 is 0. The molecule has 0 aliphatic heterocycles. The van der Waals surface area contributed by atoms with Crippen molar-refractivity contribution in [3.05, 3.63) is 29.6 Å². The molecule has 1 heterocycles. The molecule has 1 aromatic heterocycles. The van der Waals surface area contributed by atoms with Crippen molar-refractivity contribution >= 4 is 11.9 Å². The molecule has 1 amide bonds. The number of rotatable bonds is 5. The highest BCUT2D eigenvalue weighted by molar-refractivity contribution is 6.03. The fourth-order valence-electron chi connectivity index (χ4n) is 1.81. The van der Waals surface area contributed by atoms with Crippen molar-refractivity contribution in [2.24, 2.45) is 5.92 Å². The van der Waals surface area contributed by atoms with Gasteiger partial charge in [0, 0.05) is 18.8 Å². The summed E-state index contributed by atoms with van der Waals surface area (Å²) in [5.74, 6) is -1.16. The van der Waals surface area contributed by atoms with E-state index in [-0.39, 0.29) is 23.2 Å². The van der Waals surface area contributed by atoms with Crippen LogP contribution in [0.3, 0.4) is 0 Å². The number of amides is 1. The van der Waals surface area contributed by atoms with E-state index < -0.39 is 5.97 Å². The minimum absolute atomic E-state index is 0.00134. The first-order valence-corrected chi connectivity index (χ1v) is 6.33. The second-order valence-corrected chi connectivity index (χ2v) is 5.15. The Labute approximate surface area is 113 Å². The molecule has 0 atom stereocenters. The largest absolute Gasteiger partial charge is 0.478 e. The van der Waals surface area contributed by atoms with Crippen molar-refractivity contribution in [3.8, 4) is 0 Å². The van der Waals surface area contributed by atoms with Crippen LogP contribution in [-0.4, -0.2) is 39.5 Å². The van der Waals surface area contributed by atoms with Crippen molar-refractivity contribution in [2.45, 2.75) is 33.7 Å². The van der Waals surface area contributed by atoms with Gasteiger partial charge >= 0.3 is 5.97 Å². The van der Waals surface area contributed by atoms with Gasteiger partial charge in [-0.2, -0.15) is 0 Å². The van der Waals surface area contributed by atoms with Gasteiger partial charge in [0.1, 0.15) is 5.69 Å². The SMILES string of the molecule is CC(C)CN(C(=O)c1ncccc1C(=O)O)C(C)C. The van der Waals surface area contributed by atoms with E-state index in [2.05, 4.69) is 4.98 Å². The summed E-state index contributed by atoms with van der Waals surface area (Å²) in [6.07, 6.45) is 1.44. The zero-order chi connectivity index (χ0) is 14.6. The maximum absolute atomic E-state index is 12.4. The number of pyridine rings is 1. The summed E-state index contributed by atoms with van der Waals surface area (Å²) in [6, 6.07) is 2.91. The first-order valence-electron chi connectivity index (χ1n) is 6.33. The van der Waals surface area contributed by atoms with Crippen molar-refractivity contribution in [1.29, 1.82) is 0 Å². The normalized spacial score (nSPS) is 10.8. The van der Waals surface area contributed by atoms with Crippen LogP contribution >= 0.6 is 0 Å². The van der Waals surface area contributed by atoms with Gasteiger partial charge in [-0.05, 0) is 31.9 Å². The van der Waals surface area contributed by atoms with Crippen LogP contribution in [0.15, 0.2) is 18.3 Å². The quantitative estimate of drug-likeness (QED) is 0.885. The topological polar surface area (TPSA) is 70.5 Å². The third-order valence-electron chi connectivity index (χ3n) is 2.69. The Hall–Kier alpha value is -1.91. The van der Waals surface area contributed by atoms with E-state index in [1.165, 1.54) is 18.3 Å². The van der Waals surface area contributed by atoms with E-state index in [1.54, 1.807) is 4.90 Å². The molecule has 0 aliphatic carbocycles. The van der Waals surface area contributed by atoms with Gasteiger partial charge in [-0.1, -0.05) is 13.8 Å². The van der Waals surface area contributed by atoms with Gasteiger partial charge in [-0.3, -0.25) is 9.78 Å². The molecular weight excluding hydrogens is 244 g/mol. The molecule has 5 nitrogen and oxygen atoms in total. The highest BCUT2D eigenvalue weighted by Crippen LogP contribution is 2.13. The maximum atomic E-state index is 12.4. The maximum Gasteiger partial charge on any atom is 0.338 e. The van der Waals surface area contributed by atoms with E-state index in [0.29, 0.717) is 12.5 Å². The van der Waals surface area contributed by atoms with Crippen LogP contribution in [0.4, 0.5) is 0 Å². The lowest BCUT2D eigenvalue weighted by Gasteiger charge is -2.28. The average Bonchev–Trinajstić information content (AvgIpc) is 2.34. The monoisotopic (exact) mass is 264 g/mol. The minimum atomic E-state index is -1.13. The molecule has 0 fully saturated rings. The molecular formula is C14H20N2O3. The van der Waals surface area contributed by atoms with Crippen molar-refractivity contribution < 1.29 is 14.7 Å². The number of hydrogen-bond donors (Lipinski definition) is 1. The first kappa shape index (κ1) is 15.1. The predicted molar refractivity (Wildman–Crippen MR) is 72.2 cm³/mol. The van der Waals surface area contributed by atoms with E-state index in [1.807, 2.05) is 27.7 Å². The van der Waals surface area contributed by atoms with E-state index in [4.69, 9.17) is 5.11 Å². The second kappa shape index (κ2) is 6.31. The Balaban J connectivity index is 3.13. The summed E-state index contributed by atoms with van der Waals surface area (Å²) in [7, 11) is 0. The first-order chi connectivity index (χ1) is 8.84. The number of carboxylic acid groups (broad SMARTS) is 1. The van der Waals surface area contributed by atoms with Gasteiger partial charge < -0.3 is 10.0 Å². The molecule has 1 rings (SSSR count). The summed E-state index contributed by atoms with van der Waals surface area (Å²) in [4.78, 5) is 29.2. The molecule has 1 aromatic rings. The fourth-order valence-corrected chi connectivity index (χ4v) is 1.81. The van der Waals surface area contributed by atoms with Gasteiger partial charge in [-0.25, -0.2) is 4.79 Å². The molecule has 0 bridgehead atoms. The van der Waals surface area contributed by atoms with Gasteiger partial charge in [0.2, 0.25) is 0 Å². The second-order valence-electron chi connectivity index (χ2n) is 5.15. The highest BCUT2D eigenvalue weighted by Gasteiger charge is 2.25. The number of aromatic nitrogens is 1. The molecule has 1 N–H and O–H groups in total. The van der Waals surface area contributed by atoms with Crippen LogP contribution < -0.4 is 0 Å². The summed E-state index contributed by atoms with van der Waals surface area (Å²) >= 11 is 0. The standard InChI is InChI=1S/C14H20N2O3/c1-9(2)8-16(10(3)4)13(17)12-11(14(18)19)6-5-7-15-12/h5-7,9-10H,8H2,1-4H3,(H,18,19). The Morgan fingerprint density at radius 3 is 2.42 bits per heavy atom. The van der Waals surface area contributed by atoms with Crippen LogP contribution in [-0.2, 0) is 0 Å². The van der Waals surface area contributed by atoms with E-state index >= 15 is 0 Å². The molecule has 5 heteroatoms. The minimum Gasteiger partial charge on any atom is -0.478 e. The molecule has 0 saturated heterocycles. The molecule has 0 radical (unpaired) electrons. The summed E-state index contributed by atoms with van der Waals surface area (Å²) in [5.41, 5.74) is -0.0498. The Bertz CT molecular complexity index is 470. The van der Waals surface area contributed by atoms with Crippen LogP contribution in [0.25, 0.3) is 0 Å². The molecule has 19 heavy (non-hydrogen) atoms. The van der Waals surface area contributed by atoms with Gasteiger partial charge in [0.05, 0.1) is 5.56 Å². The van der Waals surface area contributed by atoms with Crippen molar-refractivity contribution in [2.75, 3.05) is 6.54 Å². The van der Waals surface area contributed by atoms with Gasteiger partial charge in [0.25, 0.3) is 5.91 Å². The van der Waals surface area contributed by atoms with Crippen LogP contribution in [0.5, 0.6) is 0 Å². The smallest absolute Gasteiger partial charge is 0.338 e. The lowest BCUT2D eigenvalue weighted by atomic mass is 10.1. The number of nitrogens with zero attached hydrogens (tertiary/aromatic N) is 2. The van der Waals surface area contributed by atoms with Crippen LogP contribution in [0.1, 0.15) is 48.5 Å². The molecule has 0 aliphatic rings. The van der Waals surface area contributed by atoms with Crippen LogP contribution in [0.2, 0.25) is 0 Å². The van der Waals surface area contributed by atoms with E-state index in [9.17, 15) is 9.59 Å². The average molecular weight is 264 g/mol. The molecule has 0 spiro atoms. The Morgan fingerprint density at radius 1 is 1.32 bits per heavy atom. The zero-order valence-electron chi connectivity index (χ0n) is 11.8. The lowest BCUT2D eigenvalue weighted by molar-refractivity contribution is 0.0640. The van der Waals surface area contributed by atoms with Crippen molar-refractivity contribution in [1.82, 2.24) is 9.88 Å². The number of carboxylic acids is 1. The Morgan fingerprint density at radius 2 is 1.95 bits per heavy atom. The number of aromatic carboxylic acids is 1. The third-order valence-corrected chi connectivity index (χ3v) is 2.69. The number of carbonyl (C=O) groups excluding carboxylic acids is 1. The zero-order valence-corrected chi connectivity index (χ0v) is 11.8. The van der Waals surface area contributed by atoms with Gasteiger partial charge in [0.15, 0.2) is 0 Å². The van der Waals surface area contributed by atoms with E-state index in [0.717, 1.165) is 0 Å². The van der Waals surface area contributed by atoms with Crippen molar-refractivity contribution in [3.63, 3.8) is 0 Å². The molecule has 104 valence electrons. The highest BCUT2D eigenvalue weighted by atomic mass is 16.4. The molecule has 0 aromatic carbocycles. The van der Waals surface area contributed by atoms with Gasteiger partial charge in [-0.15, -0.1) is 0 Å². The summed E-state index contributed by atoms with van der Waals surface area (Å²) in [6.45, 7) is 8.41. The van der Waals surface area contributed by atoms with Crippen LogP contribution in [0, 0.1) is 5.92 Å². The summed E-state index contributed by atoms with van der Waals surface area (Å²) in [5, 5.41) is 9.11. The number of carbonyl (C=O) groups is 2. The number of hydrogen-bond acceptors (Lipinski definition) is 3. The predicted octanol–water partition coefficient (Wildman–Crippen LogP) is 2.29.